The minimum absolute atomic E-state index is 0.0961. The number of amides is 2. The highest BCUT2D eigenvalue weighted by molar-refractivity contribution is 7.17. The van der Waals surface area contributed by atoms with Crippen LogP contribution in [0.4, 0.5) is 5.00 Å². The van der Waals surface area contributed by atoms with Crippen molar-refractivity contribution in [2.45, 2.75) is 39.0 Å². The number of likely N-dealkylation sites (tertiary alicyclic amines) is 1. The molecule has 148 valence electrons. The molecule has 8 heteroatoms. The van der Waals surface area contributed by atoms with Crippen LogP contribution in [0.3, 0.4) is 0 Å². The van der Waals surface area contributed by atoms with Crippen LogP contribution < -0.4 is 11.1 Å². The third-order valence-electron chi connectivity index (χ3n) is 5.51. The van der Waals surface area contributed by atoms with Crippen LogP contribution >= 0.6 is 11.3 Å². The minimum Gasteiger partial charge on any atom is -0.465 e. The van der Waals surface area contributed by atoms with E-state index in [-0.39, 0.29) is 30.2 Å². The number of nitrogens with one attached hydrogen (secondary N) is 1. The monoisotopic (exact) mass is 393 g/mol. The maximum Gasteiger partial charge on any atom is 0.341 e. The van der Waals surface area contributed by atoms with Crippen LogP contribution in [0.1, 0.15) is 47.0 Å². The van der Waals surface area contributed by atoms with Gasteiger partial charge < -0.3 is 15.8 Å². The van der Waals surface area contributed by atoms with Crippen LogP contribution in [0.5, 0.6) is 0 Å². The Balaban J connectivity index is 1.67. The molecule has 1 aromatic rings. The number of methoxy groups -OCH3 is 1. The lowest BCUT2D eigenvalue weighted by molar-refractivity contribution is -0.123. The van der Waals surface area contributed by atoms with Crippen LogP contribution in [-0.2, 0) is 27.2 Å². The lowest BCUT2D eigenvalue weighted by Crippen LogP contribution is -2.42. The molecule has 7 nitrogen and oxygen atoms in total. The summed E-state index contributed by atoms with van der Waals surface area (Å²) < 4.78 is 4.96. The van der Waals surface area contributed by atoms with Gasteiger partial charge in [-0.25, -0.2) is 4.79 Å². The zero-order valence-electron chi connectivity index (χ0n) is 15.9. The maximum atomic E-state index is 12.5. The van der Waals surface area contributed by atoms with Crippen LogP contribution in [0.25, 0.3) is 0 Å². The van der Waals surface area contributed by atoms with Crippen molar-refractivity contribution in [3.63, 3.8) is 0 Å². The lowest BCUT2D eigenvalue weighted by atomic mass is 9.88. The zero-order chi connectivity index (χ0) is 19.6. The number of piperidine rings is 1. The molecule has 1 aliphatic heterocycles. The number of fused-ring (bicyclic) bond motifs is 1. The Hall–Kier alpha value is -1.93. The summed E-state index contributed by atoms with van der Waals surface area (Å²) in [6.45, 7) is 3.78. The average molecular weight is 394 g/mol. The highest BCUT2D eigenvalue weighted by Gasteiger charge is 2.29. The molecule has 3 N–H and O–H groups in total. The summed E-state index contributed by atoms with van der Waals surface area (Å²) >= 11 is 1.49. The summed E-state index contributed by atoms with van der Waals surface area (Å²) in [5, 5.41) is 3.52. The van der Waals surface area contributed by atoms with Gasteiger partial charge in [-0.15, -0.1) is 11.3 Å². The molecule has 1 atom stereocenters. The van der Waals surface area contributed by atoms with Gasteiger partial charge in [-0.1, -0.05) is 6.92 Å². The third kappa shape index (κ3) is 4.50. The molecule has 0 unspecified atom stereocenters. The molecule has 27 heavy (non-hydrogen) atoms. The molecule has 2 heterocycles. The van der Waals surface area contributed by atoms with Crippen LogP contribution in [0, 0.1) is 11.8 Å². The third-order valence-corrected chi connectivity index (χ3v) is 6.68. The highest BCUT2D eigenvalue weighted by Crippen LogP contribution is 2.40. The summed E-state index contributed by atoms with van der Waals surface area (Å²) in [6.07, 6.45) is 4.17. The smallest absolute Gasteiger partial charge is 0.341 e. The van der Waals surface area contributed by atoms with E-state index in [2.05, 4.69) is 12.2 Å². The summed E-state index contributed by atoms with van der Waals surface area (Å²) in [6, 6.07) is 0. The molecule has 1 saturated heterocycles. The van der Waals surface area contributed by atoms with Crippen molar-refractivity contribution in [1.82, 2.24) is 4.90 Å². The molecule has 1 aliphatic carbocycles. The Labute approximate surface area is 163 Å². The molecule has 2 amide bonds. The molecule has 1 fully saturated rings. The standard InChI is InChI=1S/C19H27N3O4S/c1-11-3-4-13-14(9-11)27-18(16(13)19(25)26-2)21-15(23)10-22-7-5-12(6-8-22)17(20)24/h11-12H,3-10H2,1-2H3,(H2,20,24)(H,21,23)/t11-/m0/s1. The second-order valence-corrected chi connectivity index (χ2v) is 8.65. The predicted octanol–water partition coefficient (Wildman–Crippen LogP) is 1.80. The Morgan fingerprint density at radius 3 is 2.59 bits per heavy atom. The molecule has 0 spiro atoms. The number of nitrogens with two attached hydrogens (primary N) is 1. The summed E-state index contributed by atoms with van der Waals surface area (Å²) in [5.41, 5.74) is 6.90. The van der Waals surface area contributed by atoms with E-state index >= 15 is 0 Å². The first-order valence-electron chi connectivity index (χ1n) is 9.43. The SMILES string of the molecule is COC(=O)c1c(NC(=O)CN2CCC(C(N)=O)CC2)sc2c1CC[C@H](C)C2. The zero-order valence-corrected chi connectivity index (χ0v) is 16.7. The van der Waals surface area contributed by atoms with E-state index in [0.29, 0.717) is 42.4 Å². The van der Waals surface area contributed by atoms with Crippen molar-refractivity contribution >= 4 is 34.1 Å². The van der Waals surface area contributed by atoms with Gasteiger partial charge in [0.1, 0.15) is 5.00 Å². The first-order chi connectivity index (χ1) is 12.9. The van der Waals surface area contributed by atoms with Gasteiger partial charge in [0.2, 0.25) is 11.8 Å². The fraction of sp³-hybridized carbons (Fsp3) is 0.632. The molecule has 2 aliphatic rings. The van der Waals surface area contributed by atoms with E-state index in [1.807, 2.05) is 4.90 Å². The highest BCUT2D eigenvalue weighted by atomic mass is 32.1. The number of esters is 1. The number of anilines is 1. The van der Waals surface area contributed by atoms with Gasteiger partial charge >= 0.3 is 5.97 Å². The van der Waals surface area contributed by atoms with Gasteiger partial charge in [0.05, 0.1) is 19.2 Å². The first kappa shape index (κ1) is 19.8. The molecular weight excluding hydrogens is 366 g/mol. The van der Waals surface area contributed by atoms with E-state index in [1.54, 1.807) is 0 Å². The fourth-order valence-electron chi connectivity index (χ4n) is 3.90. The second kappa shape index (κ2) is 8.39. The van der Waals surface area contributed by atoms with E-state index in [9.17, 15) is 14.4 Å². The minimum atomic E-state index is -0.389. The van der Waals surface area contributed by atoms with Gasteiger partial charge in [-0.05, 0) is 56.7 Å². The van der Waals surface area contributed by atoms with Gasteiger partial charge in [-0.3, -0.25) is 14.5 Å². The van der Waals surface area contributed by atoms with E-state index in [4.69, 9.17) is 10.5 Å². The molecule has 1 aromatic heterocycles. The molecular formula is C19H27N3O4S. The first-order valence-corrected chi connectivity index (χ1v) is 10.2. The number of carbonyl (C=O) groups is 3. The molecule has 0 bridgehead atoms. The number of thiophene rings is 1. The number of nitrogens with zero attached hydrogens (tertiary/aromatic N) is 1. The second-order valence-electron chi connectivity index (χ2n) is 7.55. The largest absolute Gasteiger partial charge is 0.465 e. The average Bonchev–Trinajstić information content (AvgIpc) is 2.98. The van der Waals surface area contributed by atoms with Crippen molar-refractivity contribution in [3.05, 3.63) is 16.0 Å². The normalized spacial score (nSPS) is 20.7. The van der Waals surface area contributed by atoms with Gasteiger partial charge in [0.25, 0.3) is 0 Å². The van der Waals surface area contributed by atoms with Crippen molar-refractivity contribution in [2.75, 3.05) is 32.1 Å². The van der Waals surface area contributed by atoms with Crippen molar-refractivity contribution in [1.29, 1.82) is 0 Å². The van der Waals surface area contributed by atoms with Crippen molar-refractivity contribution in [3.8, 4) is 0 Å². The van der Waals surface area contributed by atoms with Gasteiger partial charge in [0, 0.05) is 10.8 Å². The topological polar surface area (TPSA) is 102 Å². The van der Waals surface area contributed by atoms with Crippen LogP contribution in [0.15, 0.2) is 0 Å². The number of carbonyl (C=O) groups excluding carboxylic acids is 3. The molecule has 0 aromatic carbocycles. The molecule has 0 radical (unpaired) electrons. The number of rotatable bonds is 5. The summed E-state index contributed by atoms with van der Waals surface area (Å²) in [7, 11) is 1.37. The number of ether oxygens (including phenoxy) is 1. The fourth-order valence-corrected chi connectivity index (χ4v) is 5.32. The van der Waals surface area contributed by atoms with Crippen LogP contribution in [0.2, 0.25) is 0 Å². The van der Waals surface area contributed by atoms with Crippen molar-refractivity contribution in [2.24, 2.45) is 17.6 Å². The van der Waals surface area contributed by atoms with E-state index in [1.165, 1.54) is 23.3 Å². The molecule has 3 rings (SSSR count). The number of primary amides is 1. The molecule has 0 saturated carbocycles. The maximum absolute atomic E-state index is 12.5. The summed E-state index contributed by atoms with van der Waals surface area (Å²) in [5.74, 6) is -0.317. The number of hydrogen-bond acceptors (Lipinski definition) is 6. The quantitative estimate of drug-likeness (QED) is 0.743. The number of hydrogen-bond donors (Lipinski definition) is 2. The van der Waals surface area contributed by atoms with E-state index in [0.717, 1.165) is 24.8 Å². The van der Waals surface area contributed by atoms with Gasteiger partial charge in [0.15, 0.2) is 0 Å². The Bertz CT molecular complexity index is 738. The van der Waals surface area contributed by atoms with E-state index < -0.39 is 0 Å². The Morgan fingerprint density at radius 1 is 1.26 bits per heavy atom. The predicted molar refractivity (Wildman–Crippen MR) is 104 cm³/mol. The van der Waals surface area contributed by atoms with Crippen LogP contribution in [-0.4, -0.2) is 49.4 Å². The van der Waals surface area contributed by atoms with Crippen molar-refractivity contribution < 1.29 is 19.1 Å². The van der Waals surface area contributed by atoms with Gasteiger partial charge in [-0.2, -0.15) is 0 Å². The Morgan fingerprint density at radius 2 is 1.96 bits per heavy atom. The Kier molecular flexibility index (Phi) is 6.16. The summed E-state index contributed by atoms with van der Waals surface area (Å²) in [4.78, 5) is 39.3. The lowest BCUT2D eigenvalue weighted by Gasteiger charge is -2.29.